The van der Waals surface area contributed by atoms with E-state index in [1.54, 1.807) is 0 Å². The second-order valence-corrected chi connectivity index (χ2v) is 6.17. The van der Waals surface area contributed by atoms with Crippen LogP contribution < -0.4 is 4.90 Å². The topological polar surface area (TPSA) is 29.0 Å². The first-order chi connectivity index (χ1) is 9.10. The summed E-state index contributed by atoms with van der Waals surface area (Å²) < 4.78 is 0. The van der Waals surface area contributed by atoms with Gasteiger partial charge >= 0.3 is 0 Å². The smallest absolute Gasteiger partial charge is 0.134 e. The molecule has 2 rings (SSSR count). The molecule has 2 heterocycles. The summed E-state index contributed by atoms with van der Waals surface area (Å²) in [6, 6.07) is 1.90. The number of rotatable bonds is 4. The summed E-state index contributed by atoms with van der Waals surface area (Å²) in [6.07, 6.45) is 4.45. The molecule has 3 nitrogen and oxygen atoms in total. The Morgan fingerprint density at radius 3 is 2.58 bits per heavy atom. The number of hydrogen-bond donors (Lipinski definition) is 0. The van der Waals surface area contributed by atoms with Gasteiger partial charge in [-0.3, -0.25) is 0 Å². The number of halogens is 1. The van der Waals surface area contributed by atoms with E-state index in [9.17, 15) is 0 Å². The maximum atomic E-state index is 6.11. The Kier molecular flexibility index (Phi) is 5.03. The molecule has 106 valence electrons. The van der Waals surface area contributed by atoms with E-state index in [1.165, 1.54) is 12.8 Å². The molecule has 1 aromatic heterocycles. The van der Waals surface area contributed by atoms with Crippen LogP contribution in [0, 0.1) is 11.8 Å². The first kappa shape index (κ1) is 14.6. The second kappa shape index (κ2) is 6.56. The summed E-state index contributed by atoms with van der Waals surface area (Å²) in [5, 5.41) is 0.569. The highest BCUT2D eigenvalue weighted by molar-refractivity contribution is 6.29. The predicted molar refractivity (Wildman–Crippen MR) is 80.8 cm³/mol. The summed E-state index contributed by atoms with van der Waals surface area (Å²) >= 11 is 6.11. The third-order valence-electron chi connectivity index (χ3n) is 4.01. The molecule has 1 aliphatic rings. The van der Waals surface area contributed by atoms with E-state index in [0.717, 1.165) is 49.4 Å². The standard InChI is InChI=1S/C15H24ClN3/c1-4-5-14-17-13(16)10-15(18-14)19-8-6-12(7-9-19)11(2)3/h10-12H,4-9H2,1-3H3. The molecule has 0 saturated carbocycles. The van der Waals surface area contributed by atoms with Gasteiger partial charge in [0, 0.05) is 25.6 Å². The van der Waals surface area contributed by atoms with Crippen LogP contribution in [0.1, 0.15) is 45.9 Å². The Bertz CT molecular complexity index is 412. The van der Waals surface area contributed by atoms with Crippen LogP contribution in [0.4, 0.5) is 5.82 Å². The zero-order chi connectivity index (χ0) is 13.8. The van der Waals surface area contributed by atoms with E-state index in [0.29, 0.717) is 5.15 Å². The van der Waals surface area contributed by atoms with Gasteiger partial charge in [0.1, 0.15) is 16.8 Å². The number of hydrogen-bond acceptors (Lipinski definition) is 3. The lowest BCUT2D eigenvalue weighted by Crippen LogP contribution is -2.35. The predicted octanol–water partition coefficient (Wildman–Crippen LogP) is 3.95. The van der Waals surface area contributed by atoms with Gasteiger partial charge in [0.05, 0.1) is 0 Å². The highest BCUT2D eigenvalue weighted by atomic mass is 35.5. The molecular formula is C15H24ClN3. The molecular weight excluding hydrogens is 258 g/mol. The van der Waals surface area contributed by atoms with Gasteiger partial charge in [-0.05, 0) is 31.1 Å². The molecule has 1 saturated heterocycles. The third-order valence-corrected chi connectivity index (χ3v) is 4.20. The van der Waals surface area contributed by atoms with E-state index in [-0.39, 0.29) is 0 Å². The van der Waals surface area contributed by atoms with Crippen LogP contribution in [-0.2, 0) is 6.42 Å². The minimum atomic E-state index is 0.569. The lowest BCUT2D eigenvalue weighted by molar-refractivity contribution is 0.310. The molecule has 1 aromatic rings. The third kappa shape index (κ3) is 3.82. The van der Waals surface area contributed by atoms with Crippen molar-refractivity contribution >= 4 is 17.4 Å². The van der Waals surface area contributed by atoms with Gasteiger partial charge in [0.25, 0.3) is 0 Å². The highest BCUT2D eigenvalue weighted by Crippen LogP contribution is 2.27. The molecule has 0 spiro atoms. The molecule has 0 bridgehead atoms. The minimum Gasteiger partial charge on any atom is -0.356 e. The molecule has 0 N–H and O–H groups in total. The number of aryl methyl sites for hydroxylation is 1. The van der Waals surface area contributed by atoms with Crippen molar-refractivity contribution in [2.45, 2.75) is 46.5 Å². The fraction of sp³-hybridized carbons (Fsp3) is 0.733. The normalized spacial score (nSPS) is 17.2. The Balaban J connectivity index is 2.06. The molecule has 0 aromatic carbocycles. The molecule has 1 aliphatic heterocycles. The van der Waals surface area contributed by atoms with Gasteiger partial charge in [-0.2, -0.15) is 0 Å². The minimum absolute atomic E-state index is 0.569. The monoisotopic (exact) mass is 281 g/mol. The summed E-state index contributed by atoms with van der Waals surface area (Å²) in [5.74, 6) is 3.51. The van der Waals surface area contributed by atoms with Crippen LogP contribution in [0.15, 0.2) is 6.07 Å². The number of piperidine rings is 1. The SMILES string of the molecule is CCCc1nc(Cl)cc(N2CCC(C(C)C)CC2)n1. The van der Waals surface area contributed by atoms with E-state index >= 15 is 0 Å². The highest BCUT2D eigenvalue weighted by Gasteiger charge is 2.22. The van der Waals surface area contributed by atoms with Crippen molar-refractivity contribution in [1.82, 2.24) is 9.97 Å². The van der Waals surface area contributed by atoms with Crippen molar-refractivity contribution in [2.24, 2.45) is 11.8 Å². The van der Waals surface area contributed by atoms with Crippen molar-refractivity contribution in [1.29, 1.82) is 0 Å². The van der Waals surface area contributed by atoms with Crippen LogP contribution in [0.2, 0.25) is 5.15 Å². The molecule has 4 heteroatoms. The zero-order valence-electron chi connectivity index (χ0n) is 12.2. The fourth-order valence-corrected chi connectivity index (χ4v) is 2.94. The number of nitrogens with zero attached hydrogens (tertiary/aromatic N) is 3. The number of anilines is 1. The van der Waals surface area contributed by atoms with Crippen LogP contribution in [0.25, 0.3) is 0 Å². The van der Waals surface area contributed by atoms with E-state index in [1.807, 2.05) is 6.07 Å². The second-order valence-electron chi connectivity index (χ2n) is 5.78. The Morgan fingerprint density at radius 1 is 1.32 bits per heavy atom. The van der Waals surface area contributed by atoms with Crippen molar-refractivity contribution in [3.8, 4) is 0 Å². The largest absolute Gasteiger partial charge is 0.356 e. The molecule has 19 heavy (non-hydrogen) atoms. The molecule has 1 fully saturated rings. The van der Waals surface area contributed by atoms with Crippen LogP contribution in [-0.4, -0.2) is 23.1 Å². The lowest BCUT2D eigenvalue weighted by Gasteiger charge is -2.34. The molecule has 0 aliphatic carbocycles. The molecule has 0 atom stereocenters. The molecule has 0 radical (unpaired) electrons. The van der Waals surface area contributed by atoms with Gasteiger partial charge in [-0.1, -0.05) is 32.4 Å². The summed E-state index contributed by atoms with van der Waals surface area (Å²) in [4.78, 5) is 11.3. The Morgan fingerprint density at radius 2 is 2.00 bits per heavy atom. The van der Waals surface area contributed by atoms with Gasteiger partial charge in [-0.25, -0.2) is 9.97 Å². The lowest BCUT2D eigenvalue weighted by atomic mass is 9.87. The van der Waals surface area contributed by atoms with Gasteiger partial charge < -0.3 is 4.90 Å². The maximum absolute atomic E-state index is 6.11. The van der Waals surface area contributed by atoms with Crippen LogP contribution in [0.3, 0.4) is 0 Å². The van der Waals surface area contributed by atoms with Crippen molar-refractivity contribution in [3.05, 3.63) is 17.0 Å². The van der Waals surface area contributed by atoms with E-state index < -0.39 is 0 Å². The summed E-state index contributed by atoms with van der Waals surface area (Å²) in [5.41, 5.74) is 0. The van der Waals surface area contributed by atoms with Crippen molar-refractivity contribution in [2.75, 3.05) is 18.0 Å². The Labute approximate surface area is 121 Å². The Hall–Kier alpha value is -0.830. The van der Waals surface area contributed by atoms with E-state index in [4.69, 9.17) is 11.6 Å². The molecule has 0 unspecified atom stereocenters. The van der Waals surface area contributed by atoms with Crippen LogP contribution >= 0.6 is 11.6 Å². The number of aromatic nitrogens is 2. The van der Waals surface area contributed by atoms with Gasteiger partial charge in [-0.15, -0.1) is 0 Å². The maximum Gasteiger partial charge on any atom is 0.134 e. The van der Waals surface area contributed by atoms with E-state index in [2.05, 4.69) is 35.6 Å². The van der Waals surface area contributed by atoms with Crippen molar-refractivity contribution < 1.29 is 0 Å². The van der Waals surface area contributed by atoms with Crippen molar-refractivity contribution in [3.63, 3.8) is 0 Å². The van der Waals surface area contributed by atoms with Gasteiger partial charge in [0.2, 0.25) is 0 Å². The first-order valence-corrected chi connectivity index (χ1v) is 7.76. The average Bonchev–Trinajstić information content (AvgIpc) is 2.38. The average molecular weight is 282 g/mol. The van der Waals surface area contributed by atoms with Crippen LogP contribution in [0.5, 0.6) is 0 Å². The van der Waals surface area contributed by atoms with Gasteiger partial charge in [0.15, 0.2) is 0 Å². The summed E-state index contributed by atoms with van der Waals surface area (Å²) in [7, 11) is 0. The summed E-state index contributed by atoms with van der Waals surface area (Å²) in [6.45, 7) is 8.95. The molecule has 0 amide bonds. The quantitative estimate of drug-likeness (QED) is 0.783. The zero-order valence-corrected chi connectivity index (χ0v) is 13.0. The first-order valence-electron chi connectivity index (χ1n) is 7.38. The fourth-order valence-electron chi connectivity index (χ4n) is 2.74.